The van der Waals surface area contributed by atoms with Gasteiger partial charge in [-0.1, -0.05) is 6.58 Å². The molecule has 10 nitrogen and oxygen atoms in total. The van der Waals surface area contributed by atoms with Gasteiger partial charge in [0.1, 0.15) is 29.2 Å². The molecule has 0 bridgehead atoms. The molecule has 2 atom stereocenters. The lowest BCUT2D eigenvalue weighted by molar-refractivity contribution is -0.126. The molecule has 206 valence electrons. The molecule has 5 aromatic rings. The molecule has 0 aliphatic carbocycles. The monoisotopic (exact) mass is 546 g/mol. The van der Waals surface area contributed by atoms with Gasteiger partial charge in [-0.15, -0.1) is 0 Å². The van der Waals surface area contributed by atoms with Crippen LogP contribution < -0.4 is 15.0 Å². The molecule has 10 heteroatoms. The van der Waals surface area contributed by atoms with E-state index in [1.807, 2.05) is 72.0 Å². The normalized spacial score (nSPS) is 18.2. The molecule has 0 radical (unpaired) electrons. The first-order valence-corrected chi connectivity index (χ1v) is 13.7. The van der Waals surface area contributed by atoms with Crippen LogP contribution in [0.25, 0.3) is 22.1 Å². The number of imidazole rings is 1. The van der Waals surface area contributed by atoms with Crippen molar-refractivity contribution in [1.82, 2.24) is 29.4 Å². The number of likely N-dealkylation sites (tertiary alicyclic amines) is 1. The number of nitrogens with one attached hydrogen (secondary N) is 1. The number of nitrogens with zero attached hydrogens (tertiary/aromatic N) is 7. The highest BCUT2D eigenvalue weighted by Crippen LogP contribution is 2.35. The Labute approximate surface area is 237 Å². The van der Waals surface area contributed by atoms with Crippen LogP contribution in [0.15, 0.2) is 73.8 Å². The maximum atomic E-state index is 12.3. The predicted octanol–water partition coefficient (Wildman–Crippen LogP) is 4.98. The lowest BCUT2D eigenvalue weighted by Crippen LogP contribution is -2.38. The quantitative estimate of drug-likeness (QED) is 0.298. The molecule has 2 aliphatic heterocycles. The number of carbonyl (C=O) groups is 1. The minimum Gasteiger partial charge on any atom is -0.457 e. The van der Waals surface area contributed by atoms with Crippen molar-refractivity contribution < 1.29 is 9.53 Å². The van der Waals surface area contributed by atoms with Crippen molar-refractivity contribution in [3.63, 3.8) is 0 Å². The number of pyridine rings is 1. The summed E-state index contributed by atoms with van der Waals surface area (Å²) in [4.78, 5) is 34.9. The summed E-state index contributed by atoms with van der Waals surface area (Å²) in [5.74, 6) is 3.44. The zero-order valence-corrected chi connectivity index (χ0v) is 23.0. The molecule has 2 saturated heterocycles. The number of ether oxygens (including phenoxy) is 1. The summed E-state index contributed by atoms with van der Waals surface area (Å²) in [6.07, 6.45) is 5.76. The van der Waals surface area contributed by atoms with E-state index in [1.165, 1.54) is 6.08 Å². The molecule has 7 rings (SSSR count). The standard InChI is InChI=1S/C31H30N8O2/c1-4-29(40)39-12-11-20-15-38(16-26(20)39)28-10-7-23-30(36-28)31(33-17-32-23)35-21-5-9-27(19(2)13-21)41-22-6-8-25-24(14-22)34-18-37(25)3/h4-10,13-14,17-18,20,26H,1,11-12,15-16H2,2-3H3,(H,32,33,35)/t20-,26+/m0/s1. The smallest absolute Gasteiger partial charge is 0.246 e. The molecule has 2 aromatic carbocycles. The molecule has 0 saturated carbocycles. The largest absolute Gasteiger partial charge is 0.457 e. The average Bonchev–Trinajstić information content (AvgIpc) is 3.69. The molecule has 0 unspecified atom stereocenters. The number of rotatable bonds is 6. The maximum absolute atomic E-state index is 12.3. The van der Waals surface area contributed by atoms with Crippen LogP contribution in [0, 0.1) is 12.8 Å². The summed E-state index contributed by atoms with van der Waals surface area (Å²) >= 11 is 0. The van der Waals surface area contributed by atoms with Crippen molar-refractivity contribution in [2.75, 3.05) is 29.9 Å². The van der Waals surface area contributed by atoms with Crippen LogP contribution in [0.2, 0.25) is 0 Å². The Morgan fingerprint density at radius 1 is 1.07 bits per heavy atom. The van der Waals surface area contributed by atoms with Gasteiger partial charge in [-0.2, -0.15) is 0 Å². The number of amides is 1. The third-order valence-corrected chi connectivity index (χ3v) is 8.16. The van der Waals surface area contributed by atoms with Crippen LogP contribution in [0.1, 0.15) is 12.0 Å². The van der Waals surface area contributed by atoms with Crippen LogP contribution in [0.5, 0.6) is 11.5 Å². The molecule has 5 heterocycles. The van der Waals surface area contributed by atoms with E-state index < -0.39 is 0 Å². The van der Waals surface area contributed by atoms with E-state index in [2.05, 4.69) is 31.7 Å². The Kier molecular flexibility index (Phi) is 6.03. The summed E-state index contributed by atoms with van der Waals surface area (Å²) in [7, 11) is 1.97. The van der Waals surface area contributed by atoms with Gasteiger partial charge in [0.15, 0.2) is 5.82 Å². The van der Waals surface area contributed by atoms with Gasteiger partial charge in [0.05, 0.1) is 28.9 Å². The fourth-order valence-electron chi connectivity index (χ4n) is 6.02. The highest BCUT2D eigenvalue weighted by Gasteiger charge is 2.43. The number of benzene rings is 2. The fraction of sp³-hybridized carbons (Fsp3) is 0.258. The average molecular weight is 547 g/mol. The van der Waals surface area contributed by atoms with Crippen LogP contribution in [-0.2, 0) is 11.8 Å². The molecule has 3 aromatic heterocycles. The second-order valence-electron chi connectivity index (χ2n) is 10.7. The van der Waals surface area contributed by atoms with Crippen LogP contribution in [0.3, 0.4) is 0 Å². The predicted molar refractivity (Wildman–Crippen MR) is 159 cm³/mol. The molecule has 41 heavy (non-hydrogen) atoms. The summed E-state index contributed by atoms with van der Waals surface area (Å²) in [5, 5.41) is 3.43. The van der Waals surface area contributed by atoms with E-state index >= 15 is 0 Å². The number of aromatic nitrogens is 5. The number of carbonyl (C=O) groups excluding carboxylic acids is 1. The number of fused-ring (bicyclic) bond motifs is 3. The van der Waals surface area contributed by atoms with E-state index in [0.717, 1.165) is 71.2 Å². The first-order valence-electron chi connectivity index (χ1n) is 13.7. The second kappa shape index (κ2) is 9.88. The van der Waals surface area contributed by atoms with E-state index in [-0.39, 0.29) is 11.9 Å². The third-order valence-electron chi connectivity index (χ3n) is 8.16. The van der Waals surface area contributed by atoms with Crippen molar-refractivity contribution in [2.24, 2.45) is 13.0 Å². The van der Waals surface area contributed by atoms with Crippen molar-refractivity contribution in [3.05, 3.63) is 79.4 Å². The Bertz CT molecular complexity index is 1820. The molecular formula is C31H30N8O2. The zero-order valence-electron chi connectivity index (χ0n) is 23.0. The minimum absolute atomic E-state index is 0.00619. The van der Waals surface area contributed by atoms with E-state index in [9.17, 15) is 4.79 Å². The van der Waals surface area contributed by atoms with Crippen LogP contribution in [0.4, 0.5) is 17.3 Å². The Hall–Kier alpha value is -4.99. The molecule has 1 N–H and O–H groups in total. The Balaban J connectivity index is 1.11. The second-order valence-corrected chi connectivity index (χ2v) is 10.7. The summed E-state index contributed by atoms with van der Waals surface area (Å²) in [6.45, 7) is 8.10. The summed E-state index contributed by atoms with van der Waals surface area (Å²) in [5.41, 5.74) is 5.25. The summed E-state index contributed by atoms with van der Waals surface area (Å²) < 4.78 is 8.17. The van der Waals surface area contributed by atoms with Crippen LogP contribution in [-0.4, -0.2) is 61.0 Å². The first kappa shape index (κ1) is 25.0. The van der Waals surface area contributed by atoms with Gasteiger partial charge in [-0.05, 0) is 67.4 Å². The summed E-state index contributed by atoms with van der Waals surface area (Å²) in [6, 6.07) is 16.0. The number of aryl methyl sites for hydroxylation is 2. The van der Waals surface area contributed by atoms with Crippen molar-refractivity contribution in [2.45, 2.75) is 19.4 Å². The molecule has 2 aliphatic rings. The van der Waals surface area contributed by atoms with Gasteiger partial charge in [-0.3, -0.25) is 4.79 Å². The molecule has 0 spiro atoms. The lowest BCUT2D eigenvalue weighted by Gasteiger charge is -2.24. The molecule has 2 fully saturated rings. The van der Waals surface area contributed by atoms with Crippen molar-refractivity contribution >= 4 is 45.3 Å². The SMILES string of the molecule is C=CC(=O)N1CC[C@H]2CN(c3ccc4ncnc(Nc5ccc(Oc6ccc7c(c6)ncn7C)c(C)c5)c4n3)C[C@H]21. The molecule has 1 amide bonds. The Morgan fingerprint density at radius 2 is 1.98 bits per heavy atom. The first-order chi connectivity index (χ1) is 20.0. The zero-order chi connectivity index (χ0) is 28.1. The van der Waals surface area contributed by atoms with Gasteiger partial charge in [0.2, 0.25) is 5.91 Å². The maximum Gasteiger partial charge on any atom is 0.246 e. The lowest BCUT2D eigenvalue weighted by atomic mass is 10.1. The number of anilines is 3. The molecular weight excluding hydrogens is 516 g/mol. The van der Waals surface area contributed by atoms with Gasteiger partial charge < -0.3 is 24.4 Å². The number of hydrogen-bond donors (Lipinski definition) is 1. The highest BCUT2D eigenvalue weighted by atomic mass is 16.5. The Morgan fingerprint density at radius 3 is 2.83 bits per heavy atom. The van der Waals surface area contributed by atoms with Gasteiger partial charge in [0.25, 0.3) is 0 Å². The third kappa shape index (κ3) is 4.51. The van der Waals surface area contributed by atoms with Gasteiger partial charge >= 0.3 is 0 Å². The van der Waals surface area contributed by atoms with Gasteiger partial charge in [-0.25, -0.2) is 19.9 Å². The highest BCUT2D eigenvalue weighted by molar-refractivity contribution is 5.89. The van der Waals surface area contributed by atoms with E-state index in [1.54, 1.807) is 12.7 Å². The van der Waals surface area contributed by atoms with Gasteiger partial charge in [0, 0.05) is 44.4 Å². The topological polar surface area (TPSA) is 101 Å². The van der Waals surface area contributed by atoms with E-state index in [0.29, 0.717) is 17.3 Å². The van der Waals surface area contributed by atoms with Crippen LogP contribution >= 0.6 is 0 Å². The van der Waals surface area contributed by atoms with Crippen molar-refractivity contribution in [1.29, 1.82) is 0 Å². The van der Waals surface area contributed by atoms with Crippen molar-refractivity contribution in [3.8, 4) is 11.5 Å². The number of hydrogen-bond acceptors (Lipinski definition) is 8. The van der Waals surface area contributed by atoms with E-state index in [4.69, 9.17) is 9.72 Å². The minimum atomic E-state index is 0.00619. The fourth-order valence-corrected chi connectivity index (χ4v) is 6.02.